The van der Waals surface area contributed by atoms with Gasteiger partial charge in [0.25, 0.3) is 0 Å². The van der Waals surface area contributed by atoms with E-state index in [-0.39, 0.29) is 6.61 Å². The summed E-state index contributed by atoms with van der Waals surface area (Å²) >= 11 is 1.91. The molecule has 2 aromatic rings. The Morgan fingerprint density at radius 3 is 3.17 bits per heavy atom. The molecule has 0 bridgehead atoms. The van der Waals surface area contributed by atoms with Gasteiger partial charge in [-0.05, 0) is 11.6 Å². The first-order valence-electron chi connectivity index (χ1n) is 6.08. The Hall–Kier alpha value is -1.33. The van der Waals surface area contributed by atoms with Gasteiger partial charge in [0.05, 0.1) is 12.2 Å². The molecule has 0 saturated carbocycles. The number of benzene rings is 1. The van der Waals surface area contributed by atoms with Crippen LogP contribution in [0, 0.1) is 0 Å². The van der Waals surface area contributed by atoms with Crippen LogP contribution in [0.2, 0.25) is 0 Å². The highest BCUT2D eigenvalue weighted by Gasteiger charge is 2.23. The summed E-state index contributed by atoms with van der Waals surface area (Å²) in [6, 6.07) is 8.56. The van der Waals surface area contributed by atoms with Gasteiger partial charge in [-0.3, -0.25) is 4.68 Å². The second kappa shape index (κ2) is 5.12. The van der Waals surface area contributed by atoms with Crippen molar-refractivity contribution < 1.29 is 5.11 Å². The van der Waals surface area contributed by atoms with Crippen LogP contribution in [0.15, 0.2) is 35.4 Å². The predicted molar refractivity (Wildman–Crippen MR) is 70.7 cm³/mol. The van der Waals surface area contributed by atoms with Gasteiger partial charge in [-0.25, -0.2) is 0 Å². The summed E-state index contributed by atoms with van der Waals surface area (Å²) in [6.07, 6.45) is 2.51. The molecule has 1 N–H and O–H groups in total. The van der Waals surface area contributed by atoms with E-state index in [4.69, 9.17) is 5.11 Å². The fourth-order valence-corrected chi connectivity index (χ4v) is 3.50. The van der Waals surface area contributed by atoms with E-state index >= 15 is 0 Å². The number of hydrogen-bond donors (Lipinski definition) is 1. The predicted octanol–water partition coefficient (Wildman–Crippen LogP) is 1.70. The SMILES string of the molecule is OCCc1cn(CC2CSc3ccccc32)nn1. The Morgan fingerprint density at radius 1 is 1.39 bits per heavy atom. The molecule has 1 aliphatic rings. The Labute approximate surface area is 110 Å². The highest BCUT2D eigenvalue weighted by molar-refractivity contribution is 7.99. The molecule has 1 unspecified atom stereocenters. The van der Waals surface area contributed by atoms with Crippen LogP contribution in [0.5, 0.6) is 0 Å². The summed E-state index contributed by atoms with van der Waals surface area (Å²) in [5, 5.41) is 17.0. The van der Waals surface area contributed by atoms with E-state index in [1.807, 2.05) is 22.6 Å². The van der Waals surface area contributed by atoms with Crippen LogP contribution in [-0.4, -0.2) is 32.5 Å². The molecule has 1 atom stereocenters. The van der Waals surface area contributed by atoms with Gasteiger partial charge in [0.2, 0.25) is 0 Å². The molecule has 0 fully saturated rings. The molecule has 0 radical (unpaired) electrons. The van der Waals surface area contributed by atoms with Crippen molar-refractivity contribution in [2.45, 2.75) is 23.8 Å². The standard InChI is InChI=1S/C13H15N3OS/c17-6-5-11-8-16(15-14-11)7-10-9-18-13-4-2-1-3-12(10)13/h1-4,8,10,17H,5-7,9H2. The van der Waals surface area contributed by atoms with Crippen LogP contribution in [-0.2, 0) is 13.0 Å². The molecular weight excluding hydrogens is 246 g/mol. The van der Waals surface area contributed by atoms with Gasteiger partial charge < -0.3 is 5.11 Å². The number of thioether (sulfide) groups is 1. The molecule has 1 aromatic carbocycles. The van der Waals surface area contributed by atoms with Crippen molar-refractivity contribution in [1.82, 2.24) is 15.0 Å². The molecule has 0 amide bonds. The largest absolute Gasteiger partial charge is 0.396 e. The number of nitrogens with zero attached hydrogens (tertiary/aromatic N) is 3. The molecular formula is C13H15N3OS. The summed E-state index contributed by atoms with van der Waals surface area (Å²) in [5.74, 6) is 1.61. The average Bonchev–Trinajstić information content (AvgIpc) is 2.99. The summed E-state index contributed by atoms with van der Waals surface area (Å²) in [7, 11) is 0. The lowest BCUT2D eigenvalue weighted by atomic mass is 10.0. The van der Waals surface area contributed by atoms with Crippen LogP contribution in [0.3, 0.4) is 0 Å². The molecule has 18 heavy (non-hydrogen) atoms. The number of fused-ring (bicyclic) bond motifs is 1. The fraction of sp³-hybridized carbons (Fsp3) is 0.385. The molecule has 0 saturated heterocycles. The Balaban J connectivity index is 1.73. The highest BCUT2D eigenvalue weighted by atomic mass is 32.2. The van der Waals surface area contributed by atoms with E-state index in [9.17, 15) is 0 Å². The molecule has 0 spiro atoms. The molecule has 94 valence electrons. The number of aromatic nitrogens is 3. The third-order valence-electron chi connectivity index (χ3n) is 3.16. The maximum Gasteiger partial charge on any atom is 0.0849 e. The summed E-state index contributed by atoms with van der Waals surface area (Å²) < 4.78 is 1.89. The fourth-order valence-electron chi connectivity index (χ4n) is 2.26. The van der Waals surface area contributed by atoms with Crippen LogP contribution < -0.4 is 0 Å². The summed E-state index contributed by atoms with van der Waals surface area (Å²) in [6.45, 7) is 0.989. The molecule has 5 heteroatoms. The maximum absolute atomic E-state index is 8.86. The van der Waals surface area contributed by atoms with E-state index in [1.54, 1.807) is 0 Å². The van der Waals surface area contributed by atoms with Crippen LogP contribution >= 0.6 is 11.8 Å². The highest BCUT2D eigenvalue weighted by Crippen LogP contribution is 2.39. The molecule has 2 heterocycles. The smallest absolute Gasteiger partial charge is 0.0849 e. The van der Waals surface area contributed by atoms with Gasteiger partial charge in [0, 0.05) is 35.8 Å². The lowest BCUT2D eigenvalue weighted by molar-refractivity contribution is 0.298. The normalized spacial score (nSPS) is 17.9. The van der Waals surface area contributed by atoms with Gasteiger partial charge in [-0.2, -0.15) is 0 Å². The second-order valence-electron chi connectivity index (χ2n) is 4.45. The zero-order valence-corrected chi connectivity index (χ0v) is 10.8. The van der Waals surface area contributed by atoms with Crippen molar-refractivity contribution in [3.8, 4) is 0 Å². The van der Waals surface area contributed by atoms with Crippen molar-refractivity contribution in [3.05, 3.63) is 41.7 Å². The second-order valence-corrected chi connectivity index (χ2v) is 5.51. The Bertz CT molecular complexity index is 541. The first kappa shape index (κ1) is 11.7. The van der Waals surface area contributed by atoms with Crippen LogP contribution in [0.4, 0.5) is 0 Å². The van der Waals surface area contributed by atoms with E-state index in [0.29, 0.717) is 12.3 Å². The molecule has 4 nitrogen and oxygen atoms in total. The maximum atomic E-state index is 8.86. The summed E-state index contributed by atoms with van der Waals surface area (Å²) in [4.78, 5) is 1.39. The van der Waals surface area contributed by atoms with Crippen molar-refractivity contribution in [2.75, 3.05) is 12.4 Å². The third-order valence-corrected chi connectivity index (χ3v) is 4.41. The molecule has 1 aromatic heterocycles. The van der Waals surface area contributed by atoms with Crippen molar-refractivity contribution in [1.29, 1.82) is 0 Å². The Kier molecular flexibility index (Phi) is 3.34. The zero-order chi connectivity index (χ0) is 12.4. The lowest BCUT2D eigenvalue weighted by Gasteiger charge is -2.09. The van der Waals surface area contributed by atoms with Gasteiger partial charge in [-0.15, -0.1) is 16.9 Å². The molecule has 1 aliphatic heterocycles. The first-order valence-corrected chi connectivity index (χ1v) is 7.07. The van der Waals surface area contributed by atoms with Crippen molar-refractivity contribution >= 4 is 11.8 Å². The lowest BCUT2D eigenvalue weighted by Crippen LogP contribution is -2.09. The number of aliphatic hydroxyl groups is 1. The van der Waals surface area contributed by atoms with Crippen LogP contribution in [0.1, 0.15) is 17.2 Å². The van der Waals surface area contributed by atoms with Crippen LogP contribution in [0.25, 0.3) is 0 Å². The van der Waals surface area contributed by atoms with Gasteiger partial charge in [-0.1, -0.05) is 23.4 Å². The summed E-state index contributed by atoms with van der Waals surface area (Å²) in [5.41, 5.74) is 2.28. The monoisotopic (exact) mass is 261 g/mol. The van der Waals surface area contributed by atoms with E-state index < -0.39 is 0 Å². The number of aliphatic hydroxyl groups excluding tert-OH is 1. The Morgan fingerprint density at radius 2 is 2.28 bits per heavy atom. The number of rotatable bonds is 4. The van der Waals surface area contributed by atoms with Gasteiger partial charge in [0.15, 0.2) is 0 Å². The average molecular weight is 261 g/mol. The molecule has 3 rings (SSSR count). The third kappa shape index (κ3) is 2.28. The van der Waals surface area contributed by atoms with Gasteiger partial charge in [0.1, 0.15) is 0 Å². The van der Waals surface area contributed by atoms with E-state index in [2.05, 4.69) is 34.6 Å². The number of hydrogen-bond acceptors (Lipinski definition) is 4. The minimum Gasteiger partial charge on any atom is -0.396 e. The topological polar surface area (TPSA) is 50.9 Å². The quantitative estimate of drug-likeness (QED) is 0.910. The van der Waals surface area contributed by atoms with Gasteiger partial charge >= 0.3 is 0 Å². The minimum absolute atomic E-state index is 0.126. The zero-order valence-electron chi connectivity index (χ0n) is 9.99. The first-order chi connectivity index (χ1) is 8.86. The van der Waals surface area contributed by atoms with Crippen molar-refractivity contribution in [3.63, 3.8) is 0 Å². The minimum atomic E-state index is 0.126. The molecule has 0 aliphatic carbocycles. The van der Waals surface area contributed by atoms with E-state index in [1.165, 1.54) is 10.5 Å². The van der Waals surface area contributed by atoms with E-state index in [0.717, 1.165) is 18.0 Å². The van der Waals surface area contributed by atoms with Crippen molar-refractivity contribution in [2.24, 2.45) is 0 Å².